The first-order valence-electron chi connectivity index (χ1n) is 6.74. The van der Waals surface area contributed by atoms with Gasteiger partial charge in [-0.2, -0.15) is 0 Å². The van der Waals surface area contributed by atoms with Crippen molar-refractivity contribution in [3.05, 3.63) is 24.2 Å². The highest BCUT2D eigenvalue weighted by molar-refractivity contribution is 6.16. The minimum atomic E-state index is 0.459. The van der Waals surface area contributed by atoms with E-state index in [2.05, 4.69) is 14.5 Å². The maximum absolute atomic E-state index is 5.99. The molecule has 0 amide bonds. The average Bonchev–Trinajstić information content (AvgIpc) is 3.03. The van der Waals surface area contributed by atoms with Crippen molar-refractivity contribution >= 4 is 22.8 Å². The van der Waals surface area contributed by atoms with Crippen LogP contribution in [0.3, 0.4) is 0 Å². The summed E-state index contributed by atoms with van der Waals surface area (Å²) >= 11 is 5.99. The summed E-state index contributed by atoms with van der Waals surface area (Å²) in [4.78, 5) is 8.98. The minimum Gasteiger partial charge on any atom is -0.312 e. The quantitative estimate of drug-likeness (QED) is 0.787. The maximum Gasteiger partial charge on any atom is 0.160 e. The van der Waals surface area contributed by atoms with Gasteiger partial charge < -0.3 is 4.57 Å². The molecule has 0 aromatic carbocycles. The number of imidazole rings is 1. The summed E-state index contributed by atoms with van der Waals surface area (Å²) in [5.41, 5.74) is 1.94. The van der Waals surface area contributed by atoms with E-state index in [4.69, 9.17) is 11.6 Å². The largest absolute Gasteiger partial charge is 0.312 e. The summed E-state index contributed by atoms with van der Waals surface area (Å²) in [6.07, 6.45) is 8.62. The molecule has 0 aliphatic heterocycles. The molecule has 3 nitrogen and oxygen atoms in total. The Bertz CT molecular complexity index is 529. The fourth-order valence-corrected chi connectivity index (χ4v) is 3.16. The number of alkyl halides is 1. The van der Waals surface area contributed by atoms with E-state index < -0.39 is 0 Å². The van der Waals surface area contributed by atoms with Gasteiger partial charge in [0, 0.05) is 12.7 Å². The van der Waals surface area contributed by atoms with Crippen molar-refractivity contribution in [2.24, 2.45) is 5.92 Å². The molecule has 0 N–H and O–H groups in total. The molecule has 0 spiro atoms. The van der Waals surface area contributed by atoms with Gasteiger partial charge in [-0.25, -0.2) is 9.97 Å². The second kappa shape index (κ2) is 5.27. The third-order valence-electron chi connectivity index (χ3n) is 3.94. The van der Waals surface area contributed by atoms with Gasteiger partial charge in [0.05, 0.1) is 5.88 Å². The fourth-order valence-electron chi connectivity index (χ4n) is 2.95. The number of aryl methyl sites for hydroxylation is 1. The first-order chi connectivity index (χ1) is 8.88. The number of pyridine rings is 1. The van der Waals surface area contributed by atoms with Crippen molar-refractivity contribution in [3.8, 4) is 0 Å². The van der Waals surface area contributed by atoms with Gasteiger partial charge in [-0.05, 0) is 24.5 Å². The predicted molar refractivity (Wildman–Crippen MR) is 73.7 cm³/mol. The van der Waals surface area contributed by atoms with Gasteiger partial charge in [0.25, 0.3) is 0 Å². The zero-order valence-electron chi connectivity index (χ0n) is 10.5. The highest BCUT2D eigenvalue weighted by Gasteiger charge is 2.17. The van der Waals surface area contributed by atoms with Gasteiger partial charge in [-0.15, -0.1) is 11.6 Å². The predicted octanol–water partition coefficient (Wildman–Crippen LogP) is 3.75. The van der Waals surface area contributed by atoms with Gasteiger partial charge in [0.2, 0.25) is 0 Å². The molecule has 3 rings (SSSR count). The molecule has 1 aliphatic rings. The van der Waals surface area contributed by atoms with Gasteiger partial charge in [0.15, 0.2) is 5.65 Å². The normalized spacial score (nSPS) is 16.7. The Morgan fingerprint density at radius 3 is 2.94 bits per heavy atom. The van der Waals surface area contributed by atoms with Crippen molar-refractivity contribution in [1.82, 2.24) is 14.5 Å². The summed E-state index contributed by atoms with van der Waals surface area (Å²) < 4.78 is 2.20. The highest BCUT2D eigenvalue weighted by Crippen LogP contribution is 2.28. The van der Waals surface area contributed by atoms with Crippen LogP contribution in [0.25, 0.3) is 11.2 Å². The number of hydrogen-bond donors (Lipinski definition) is 0. The lowest BCUT2D eigenvalue weighted by Crippen LogP contribution is -2.07. The van der Waals surface area contributed by atoms with Crippen LogP contribution in [0.4, 0.5) is 0 Å². The lowest BCUT2D eigenvalue weighted by atomic mass is 10.0. The molecule has 2 aromatic heterocycles. The van der Waals surface area contributed by atoms with E-state index in [9.17, 15) is 0 Å². The number of rotatable bonds is 4. The molecule has 0 unspecified atom stereocenters. The Morgan fingerprint density at radius 2 is 2.17 bits per heavy atom. The van der Waals surface area contributed by atoms with Gasteiger partial charge in [0.1, 0.15) is 11.3 Å². The van der Waals surface area contributed by atoms with E-state index >= 15 is 0 Å². The van der Waals surface area contributed by atoms with Crippen molar-refractivity contribution in [1.29, 1.82) is 0 Å². The van der Waals surface area contributed by atoms with Crippen LogP contribution in [-0.2, 0) is 12.4 Å². The molecule has 0 bridgehead atoms. The van der Waals surface area contributed by atoms with E-state index in [0.717, 1.165) is 29.5 Å². The van der Waals surface area contributed by atoms with Crippen LogP contribution in [0.2, 0.25) is 0 Å². The summed E-state index contributed by atoms with van der Waals surface area (Å²) in [5, 5.41) is 0. The summed E-state index contributed by atoms with van der Waals surface area (Å²) in [7, 11) is 0. The van der Waals surface area contributed by atoms with E-state index in [1.165, 1.54) is 32.1 Å². The highest BCUT2D eigenvalue weighted by atomic mass is 35.5. The Hall–Kier alpha value is -1.09. The Kier molecular flexibility index (Phi) is 3.50. The number of aromatic nitrogens is 3. The van der Waals surface area contributed by atoms with Gasteiger partial charge in [-0.3, -0.25) is 0 Å². The molecule has 0 radical (unpaired) electrons. The van der Waals surface area contributed by atoms with Crippen molar-refractivity contribution in [2.75, 3.05) is 0 Å². The summed E-state index contributed by atoms with van der Waals surface area (Å²) in [6, 6.07) is 3.93. The molecule has 1 fully saturated rings. The van der Waals surface area contributed by atoms with Crippen LogP contribution < -0.4 is 0 Å². The van der Waals surface area contributed by atoms with Crippen LogP contribution in [0.1, 0.15) is 37.9 Å². The smallest absolute Gasteiger partial charge is 0.160 e. The standard InChI is InChI=1S/C14H18ClN3/c15-10-13-17-12-6-3-8-16-14(12)18(13)9-7-11-4-1-2-5-11/h3,6,8,11H,1-2,4-5,7,9-10H2. The molecule has 2 heterocycles. The molecule has 4 heteroatoms. The van der Waals surface area contributed by atoms with Crippen LogP contribution in [0, 0.1) is 5.92 Å². The molecule has 0 atom stereocenters. The maximum atomic E-state index is 5.99. The SMILES string of the molecule is ClCc1nc2cccnc2n1CCC1CCCC1. The van der Waals surface area contributed by atoms with E-state index in [0.29, 0.717) is 5.88 Å². The van der Waals surface area contributed by atoms with Crippen LogP contribution in [0.15, 0.2) is 18.3 Å². The zero-order chi connectivity index (χ0) is 12.4. The third-order valence-corrected chi connectivity index (χ3v) is 4.18. The van der Waals surface area contributed by atoms with Crippen molar-refractivity contribution in [3.63, 3.8) is 0 Å². The molecule has 1 aliphatic carbocycles. The minimum absolute atomic E-state index is 0.459. The Labute approximate surface area is 112 Å². The number of halogens is 1. The van der Waals surface area contributed by atoms with Gasteiger partial charge >= 0.3 is 0 Å². The monoisotopic (exact) mass is 263 g/mol. The molecular formula is C14H18ClN3. The molecule has 96 valence electrons. The lowest BCUT2D eigenvalue weighted by molar-refractivity contribution is 0.457. The molecular weight excluding hydrogens is 246 g/mol. The van der Waals surface area contributed by atoms with Crippen molar-refractivity contribution in [2.45, 2.75) is 44.5 Å². The summed E-state index contributed by atoms with van der Waals surface area (Å²) in [6.45, 7) is 1.00. The summed E-state index contributed by atoms with van der Waals surface area (Å²) in [5.74, 6) is 2.29. The van der Waals surface area contributed by atoms with Crippen LogP contribution in [-0.4, -0.2) is 14.5 Å². The molecule has 1 saturated carbocycles. The van der Waals surface area contributed by atoms with E-state index in [1.54, 1.807) is 0 Å². The second-order valence-corrected chi connectivity index (χ2v) is 5.37. The average molecular weight is 264 g/mol. The van der Waals surface area contributed by atoms with Gasteiger partial charge in [-0.1, -0.05) is 25.7 Å². The van der Waals surface area contributed by atoms with Crippen LogP contribution in [0.5, 0.6) is 0 Å². The third kappa shape index (κ3) is 2.24. The number of hydrogen-bond acceptors (Lipinski definition) is 2. The van der Waals surface area contributed by atoms with E-state index in [1.807, 2.05) is 18.3 Å². The fraction of sp³-hybridized carbons (Fsp3) is 0.571. The lowest BCUT2D eigenvalue weighted by Gasteiger charge is -2.11. The number of fused-ring (bicyclic) bond motifs is 1. The van der Waals surface area contributed by atoms with Crippen LogP contribution >= 0.6 is 11.6 Å². The Balaban J connectivity index is 1.84. The van der Waals surface area contributed by atoms with Crippen molar-refractivity contribution < 1.29 is 0 Å². The number of nitrogens with zero attached hydrogens (tertiary/aromatic N) is 3. The first kappa shape index (κ1) is 12.0. The zero-order valence-corrected chi connectivity index (χ0v) is 11.2. The topological polar surface area (TPSA) is 30.7 Å². The van der Waals surface area contributed by atoms with E-state index in [-0.39, 0.29) is 0 Å². The molecule has 2 aromatic rings. The first-order valence-corrected chi connectivity index (χ1v) is 7.28. The molecule has 18 heavy (non-hydrogen) atoms. The molecule has 0 saturated heterocycles. The Morgan fingerprint density at radius 1 is 1.33 bits per heavy atom. The second-order valence-electron chi connectivity index (χ2n) is 5.10.